The van der Waals surface area contributed by atoms with Crippen molar-refractivity contribution in [2.45, 2.75) is 36.0 Å². The molecule has 2 atom stereocenters. The van der Waals surface area contributed by atoms with E-state index in [-0.39, 0.29) is 16.4 Å². The molecule has 1 fully saturated rings. The maximum atomic E-state index is 12.9. The first kappa shape index (κ1) is 19.4. The van der Waals surface area contributed by atoms with Gasteiger partial charge in [-0.15, -0.1) is 0 Å². The number of benzene rings is 1. The molecular weight excluding hydrogens is 350 g/mol. The van der Waals surface area contributed by atoms with E-state index < -0.39 is 31.0 Å². The van der Waals surface area contributed by atoms with Crippen molar-refractivity contribution < 1.29 is 21.6 Å². The van der Waals surface area contributed by atoms with Gasteiger partial charge >= 0.3 is 0 Å². The molecule has 8 heteroatoms. The Balaban J connectivity index is 2.20. The number of hydrogen-bond acceptors (Lipinski definition) is 6. The minimum atomic E-state index is -3.70. The lowest BCUT2D eigenvalue weighted by Crippen LogP contribution is -2.43. The smallest absolute Gasteiger partial charge is 0.183 e. The van der Waals surface area contributed by atoms with E-state index in [4.69, 9.17) is 4.74 Å². The van der Waals surface area contributed by atoms with Crippen molar-refractivity contribution >= 4 is 19.7 Å². The monoisotopic (exact) mass is 375 g/mol. The first-order valence-electron chi connectivity index (χ1n) is 8.05. The predicted octanol–water partition coefficient (Wildman–Crippen LogP) is 0.814. The molecular formula is C16H25NO5S2. The van der Waals surface area contributed by atoms with Crippen molar-refractivity contribution in [3.8, 4) is 0 Å². The minimum absolute atomic E-state index is 0.142. The van der Waals surface area contributed by atoms with Crippen LogP contribution in [0.3, 0.4) is 0 Å². The molecule has 0 saturated carbocycles. The lowest BCUT2D eigenvalue weighted by molar-refractivity contribution is 0.193. The summed E-state index contributed by atoms with van der Waals surface area (Å²) in [6.07, 6.45) is 1.52. The van der Waals surface area contributed by atoms with Gasteiger partial charge in [0.15, 0.2) is 19.7 Å². The second-order valence-corrected chi connectivity index (χ2v) is 10.4. The summed E-state index contributed by atoms with van der Waals surface area (Å²) >= 11 is 0. The van der Waals surface area contributed by atoms with E-state index in [0.29, 0.717) is 19.6 Å². The molecule has 1 aromatic rings. The first-order chi connectivity index (χ1) is 11.3. The third kappa shape index (κ3) is 4.56. The fourth-order valence-corrected chi connectivity index (χ4v) is 7.62. The second-order valence-electron chi connectivity index (χ2n) is 6.06. The average Bonchev–Trinajstić information content (AvgIpc) is 2.87. The van der Waals surface area contributed by atoms with E-state index in [1.807, 2.05) is 6.92 Å². The summed E-state index contributed by atoms with van der Waals surface area (Å²) in [7, 11) is -5.47. The zero-order chi connectivity index (χ0) is 17.8. The molecule has 1 aliphatic rings. The molecule has 0 aromatic heterocycles. The van der Waals surface area contributed by atoms with E-state index in [2.05, 4.69) is 5.32 Å². The number of rotatable bonds is 8. The van der Waals surface area contributed by atoms with E-state index in [1.54, 1.807) is 31.4 Å². The van der Waals surface area contributed by atoms with Crippen molar-refractivity contribution in [1.82, 2.24) is 5.32 Å². The van der Waals surface area contributed by atoms with Crippen LogP contribution in [0.25, 0.3) is 0 Å². The lowest BCUT2D eigenvalue weighted by Gasteiger charge is -2.20. The summed E-state index contributed by atoms with van der Waals surface area (Å²) < 4.78 is 54.7. The highest BCUT2D eigenvalue weighted by molar-refractivity contribution is 7.96. The molecule has 1 saturated heterocycles. The fourth-order valence-electron chi connectivity index (χ4n) is 2.91. The zero-order valence-electron chi connectivity index (χ0n) is 14.1. The van der Waals surface area contributed by atoms with Crippen LogP contribution < -0.4 is 5.32 Å². The van der Waals surface area contributed by atoms with Crippen LogP contribution in [0.2, 0.25) is 0 Å². The van der Waals surface area contributed by atoms with Gasteiger partial charge in [0.1, 0.15) is 0 Å². The van der Waals surface area contributed by atoms with Crippen molar-refractivity contribution in [3.63, 3.8) is 0 Å². The van der Waals surface area contributed by atoms with Crippen LogP contribution in [0.1, 0.15) is 18.9 Å². The molecule has 2 rings (SSSR count). The molecule has 0 amide bonds. The van der Waals surface area contributed by atoms with Crippen LogP contribution in [0.15, 0.2) is 29.2 Å². The Kier molecular flexibility index (Phi) is 6.41. The Morgan fingerprint density at radius 3 is 2.46 bits per heavy atom. The van der Waals surface area contributed by atoms with Gasteiger partial charge in [0, 0.05) is 19.8 Å². The predicted molar refractivity (Wildman–Crippen MR) is 93.7 cm³/mol. The molecule has 1 N–H and O–H groups in total. The van der Waals surface area contributed by atoms with E-state index in [0.717, 1.165) is 12.0 Å². The molecule has 1 aliphatic heterocycles. The van der Waals surface area contributed by atoms with Crippen molar-refractivity contribution in [1.29, 1.82) is 0 Å². The Bertz CT molecular complexity index is 741. The number of methoxy groups -OCH3 is 1. The summed E-state index contributed by atoms with van der Waals surface area (Å²) in [6, 6.07) is 6.11. The third-order valence-corrected chi connectivity index (χ3v) is 8.46. The lowest BCUT2D eigenvalue weighted by atomic mass is 10.2. The summed E-state index contributed by atoms with van der Waals surface area (Å²) in [5.41, 5.74) is 1.04. The molecule has 0 aliphatic carbocycles. The van der Waals surface area contributed by atoms with Gasteiger partial charge in [-0.1, -0.05) is 19.1 Å². The SMILES string of the molecule is CCc1ccc(S(=O)(=O)[C@H]2CS(=O)(=O)C[C@@H]2NCCCOC)cc1. The molecule has 6 nitrogen and oxygen atoms in total. The summed E-state index contributed by atoms with van der Waals surface area (Å²) in [4.78, 5) is 0.186. The van der Waals surface area contributed by atoms with Crippen LogP contribution in [0.5, 0.6) is 0 Å². The number of ether oxygens (including phenoxy) is 1. The van der Waals surface area contributed by atoms with Gasteiger partial charge in [0.25, 0.3) is 0 Å². The van der Waals surface area contributed by atoms with Crippen LogP contribution in [-0.2, 0) is 30.8 Å². The van der Waals surface area contributed by atoms with Gasteiger partial charge in [-0.3, -0.25) is 0 Å². The highest BCUT2D eigenvalue weighted by Crippen LogP contribution is 2.26. The summed E-state index contributed by atoms with van der Waals surface area (Å²) in [5.74, 6) is -0.469. The van der Waals surface area contributed by atoms with Gasteiger partial charge in [-0.25, -0.2) is 16.8 Å². The number of aryl methyl sites for hydroxylation is 1. The highest BCUT2D eigenvalue weighted by Gasteiger charge is 2.45. The second kappa shape index (κ2) is 7.95. The highest BCUT2D eigenvalue weighted by atomic mass is 32.2. The maximum Gasteiger partial charge on any atom is 0.183 e. The Labute approximate surface area is 144 Å². The van der Waals surface area contributed by atoms with Crippen LogP contribution in [0, 0.1) is 0 Å². The van der Waals surface area contributed by atoms with E-state index in [9.17, 15) is 16.8 Å². The number of sulfone groups is 2. The molecule has 0 spiro atoms. The first-order valence-corrected chi connectivity index (χ1v) is 11.4. The van der Waals surface area contributed by atoms with Crippen LogP contribution >= 0.6 is 0 Å². The van der Waals surface area contributed by atoms with Gasteiger partial charge < -0.3 is 10.1 Å². The van der Waals surface area contributed by atoms with E-state index in [1.165, 1.54) is 0 Å². The quantitative estimate of drug-likeness (QED) is 0.677. The van der Waals surface area contributed by atoms with E-state index >= 15 is 0 Å². The van der Waals surface area contributed by atoms with Gasteiger partial charge in [-0.05, 0) is 37.1 Å². The Morgan fingerprint density at radius 1 is 1.21 bits per heavy atom. The van der Waals surface area contributed by atoms with Gasteiger partial charge in [-0.2, -0.15) is 0 Å². The Morgan fingerprint density at radius 2 is 1.88 bits per heavy atom. The Hall–Kier alpha value is -0.960. The number of hydrogen-bond donors (Lipinski definition) is 1. The zero-order valence-corrected chi connectivity index (χ0v) is 15.7. The molecule has 1 aromatic carbocycles. The molecule has 0 radical (unpaired) electrons. The molecule has 0 unspecified atom stereocenters. The van der Waals surface area contributed by atoms with Crippen LogP contribution in [0.4, 0.5) is 0 Å². The maximum absolute atomic E-state index is 12.9. The van der Waals surface area contributed by atoms with Crippen molar-refractivity contribution in [2.75, 3.05) is 31.8 Å². The average molecular weight is 376 g/mol. The van der Waals surface area contributed by atoms with Crippen molar-refractivity contribution in [3.05, 3.63) is 29.8 Å². The van der Waals surface area contributed by atoms with Crippen LogP contribution in [-0.4, -0.2) is 59.9 Å². The third-order valence-electron chi connectivity index (χ3n) is 4.29. The molecule has 24 heavy (non-hydrogen) atoms. The van der Waals surface area contributed by atoms with Crippen molar-refractivity contribution in [2.24, 2.45) is 0 Å². The number of nitrogens with one attached hydrogen (secondary N) is 1. The summed E-state index contributed by atoms with van der Waals surface area (Å²) in [5, 5.41) is 2.14. The molecule has 0 bridgehead atoms. The minimum Gasteiger partial charge on any atom is -0.385 e. The summed E-state index contributed by atoms with van der Waals surface area (Å²) in [6.45, 7) is 3.06. The molecule has 136 valence electrons. The largest absolute Gasteiger partial charge is 0.385 e. The fraction of sp³-hybridized carbons (Fsp3) is 0.625. The van der Waals surface area contributed by atoms with Gasteiger partial charge in [0.2, 0.25) is 0 Å². The van der Waals surface area contributed by atoms with Gasteiger partial charge in [0.05, 0.1) is 21.7 Å². The normalized spacial score (nSPS) is 23.4. The standard InChI is InChI=1S/C16H25NO5S2/c1-3-13-5-7-14(8-6-13)24(20,21)16-12-23(18,19)11-15(16)17-9-4-10-22-2/h5-8,15-17H,3-4,9-12H2,1-2H3/t15-,16-/m0/s1. The molecule has 1 heterocycles. The topological polar surface area (TPSA) is 89.5 Å².